The van der Waals surface area contributed by atoms with E-state index in [0.29, 0.717) is 15.8 Å². The number of amides is 1. The Hall–Kier alpha value is -3.40. The second-order valence-electron chi connectivity index (χ2n) is 5.25. The highest BCUT2D eigenvalue weighted by molar-refractivity contribution is 7.21. The van der Waals surface area contributed by atoms with Crippen LogP contribution in [0.4, 0.5) is 5.88 Å². The third kappa shape index (κ3) is 3.49. The third-order valence-corrected chi connectivity index (χ3v) is 4.43. The average Bonchev–Trinajstić information content (AvgIpc) is 3.15. The number of aliphatic carboxylic acids is 1. The van der Waals surface area contributed by atoms with Crippen molar-refractivity contribution >= 4 is 45.2 Å². The molecule has 0 unspecified atom stereocenters. The molecule has 1 aromatic carbocycles. The number of hydrogen-bond donors (Lipinski definition) is 3. The Morgan fingerprint density at radius 1 is 1.27 bits per heavy atom. The van der Waals surface area contributed by atoms with Crippen LogP contribution in [0.3, 0.4) is 0 Å². The van der Waals surface area contributed by atoms with E-state index < -0.39 is 24.5 Å². The topological polar surface area (TPSA) is 139 Å². The van der Waals surface area contributed by atoms with Gasteiger partial charge < -0.3 is 19.5 Å². The maximum atomic E-state index is 12.3. The molecule has 0 aliphatic heterocycles. The van der Waals surface area contributed by atoms with E-state index in [-0.39, 0.29) is 22.1 Å². The Bertz CT molecular complexity index is 1020. The smallest absolute Gasteiger partial charge is 0.349 e. The van der Waals surface area contributed by atoms with Crippen molar-refractivity contribution in [3.05, 3.63) is 40.4 Å². The Kier molecular flexibility index (Phi) is 4.59. The van der Waals surface area contributed by atoms with Crippen LogP contribution in [0.2, 0.25) is 0 Å². The molecule has 0 spiro atoms. The van der Waals surface area contributed by atoms with Gasteiger partial charge in [-0.15, -0.1) is 11.3 Å². The molecule has 0 bridgehead atoms. The van der Waals surface area contributed by atoms with Crippen molar-refractivity contribution in [1.82, 2.24) is 5.16 Å². The number of fused-ring (bicyclic) bond motifs is 1. The zero-order valence-corrected chi connectivity index (χ0v) is 14.1. The second kappa shape index (κ2) is 6.84. The first-order valence-corrected chi connectivity index (χ1v) is 8.06. The lowest BCUT2D eigenvalue weighted by Gasteiger charge is -2.04. The van der Waals surface area contributed by atoms with Gasteiger partial charge in [-0.3, -0.25) is 10.1 Å². The molecule has 0 aliphatic rings. The first-order chi connectivity index (χ1) is 12.3. The number of thiophene rings is 1. The van der Waals surface area contributed by atoms with E-state index in [1.807, 2.05) is 0 Å². The standard InChI is InChI=1S/C16H12N2O7S/c1-7-4-11(25-18-7)17-15(21)8-2-3-9-10(5-8)26-14(16(22)23)13(9)24-6-12(19)20/h2-5H,6H2,1H3,(H,17,21)(H,19,20)(H,22,23). The molecule has 3 N–H and O–H groups in total. The minimum absolute atomic E-state index is 0.0299. The number of nitrogens with one attached hydrogen (secondary N) is 1. The summed E-state index contributed by atoms with van der Waals surface area (Å²) in [4.78, 5) is 34.2. The monoisotopic (exact) mass is 376 g/mol. The van der Waals surface area contributed by atoms with Gasteiger partial charge in [0.2, 0.25) is 5.88 Å². The number of aromatic carboxylic acids is 1. The number of ether oxygens (including phenoxy) is 1. The molecule has 0 saturated carbocycles. The highest BCUT2D eigenvalue weighted by Gasteiger charge is 2.21. The number of hydrogen-bond acceptors (Lipinski definition) is 7. The minimum atomic E-state index is -1.24. The van der Waals surface area contributed by atoms with Crippen LogP contribution < -0.4 is 10.1 Å². The molecule has 134 valence electrons. The van der Waals surface area contributed by atoms with Crippen molar-refractivity contribution in [3.8, 4) is 5.75 Å². The van der Waals surface area contributed by atoms with Crippen LogP contribution in [0.25, 0.3) is 10.1 Å². The lowest BCUT2D eigenvalue weighted by molar-refractivity contribution is -0.139. The van der Waals surface area contributed by atoms with Crippen LogP contribution in [0.1, 0.15) is 25.7 Å². The molecule has 0 saturated heterocycles. The van der Waals surface area contributed by atoms with Crippen LogP contribution in [0.15, 0.2) is 28.8 Å². The third-order valence-electron chi connectivity index (χ3n) is 3.31. The summed E-state index contributed by atoms with van der Waals surface area (Å²) in [6.07, 6.45) is 0. The molecule has 0 atom stereocenters. The van der Waals surface area contributed by atoms with Gasteiger partial charge >= 0.3 is 11.9 Å². The first-order valence-electron chi connectivity index (χ1n) is 7.24. The molecule has 1 amide bonds. The van der Waals surface area contributed by atoms with Gasteiger partial charge in [-0.1, -0.05) is 5.16 Å². The maximum absolute atomic E-state index is 12.3. The minimum Gasteiger partial charge on any atom is -0.479 e. The average molecular weight is 376 g/mol. The number of rotatable bonds is 6. The van der Waals surface area contributed by atoms with E-state index in [0.717, 1.165) is 11.3 Å². The van der Waals surface area contributed by atoms with E-state index in [9.17, 15) is 19.5 Å². The van der Waals surface area contributed by atoms with Gasteiger partial charge in [0.15, 0.2) is 17.2 Å². The predicted molar refractivity (Wildman–Crippen MR) is 91.1 cm³/mol. The first kappa shape index (κ1) is 17.4. The van der Waals surface area contributed by atoms with E-state index in [1.54, 1.807) is 13.0 Å². The van der Waals surface area contributed by atoms with E-state index in [1.165, 1.54) is 18.2 Å². The van der Waals surface area contributed by atoms with Crippen LogP contribution >= 0.6 is 11.3 Å². The van der Waals surface area contributed by atoms with Gasteiger partial charge in [0.25, 0.3) is 5.91 Å². The zero-order valence-electron chi connectivity index (χ0n) is 13.3. The Morgan fingerprint density at radius 2 is 2.04 bits per heavy atom. The SMILES string of the molecule is Cc1cc(NC(=O)c2ccc3c(OCC(=O)O)c(C(=O)O)sc3c2)on1. The number of carbonyl (C=O) groups excluding carboxylic acids is 1. The molecule has 3 rings (SSSR count). The van der Waals surface area contributed by atoms with Crippen molar-refractivity contribution < 1.29 is 33.9 Å². The quantitative estimate of drug-likeness (QED) is 0.596. The summed E-state index contributed by atoms with van der Waals surface area (Å²) in [5.41, 5.74) is 0.884. The van der Waals surface area contributed by atoms with Crippen LogP contribution in [0, 0.1) is 6.92 Å². The fourth-order valence-electron chi connectivity index (χ4n) is 2.24. The van der Waals surface area contributed by atoms with Crippen LogP contribution in [-0.4, -0.2) is 39.8 Å². The number of aryl methyl sites for hydroxylation is 1. The summed E-state index contributed by atoms with van der Waals surface area (Å²) in [5.74, 6) is -2.76. The van der Waals surface area contributed by atoms with E-state index in [4.69, 9.17) is 14.4 Å². The molecule has 26 heavy (non-hydrogen) atoms. The Morgan fingerprint density at radius 3 is 2.65 bits per heavy atom. The highest BCUT2D eigenvalue weighted by Crippen LogP contribution is 2.38. The van der Waals surface area contributed by atoms with Gasteiger partial charge in [-0.25, -0.2) is 9.59 Å². The van der Waals surface area contributed by atoms with Crippen molar-refractivity contribution in [3.63, 3.8) is 0 Å². The van der Waals surface area contributed by atoms with Crippen molar-refractivity contribution in [2.24, 2.45) is 0 Å². The van der Waals surface area contributed by atoms with Crippen LogP contribution in [-0.2, 0) is 4.79 Å². The van der Waals surface area contributed by atoms with Crippen molar-refractivity contribution in [2.45, 2.75) is 6.92 Å². The largest absolute Gasteiger partial charge is 0.479 e. The van der Waals surface area contributed by atoms with E-state index in [2.05, 4.69) is 10.5 Å². The number of carboxylic acids is 2. The lowest BCUT2D eigenvalue weighted by atomic mass is 10.1. The zero-order chi connectivity index (χ0) is 18.8. The summed E-state index contributed by atoms with van der Waals surface area (Å²) in [6, 6.07) is 6.05. The molecule has 10 heteroatoms. The molecule has 9 nitrogen and oxygen atoms in total. The van der Waals surface area contributed by atoms with Gasteiger partial charge in [0.1, 0.15) is 0 Å². The fourth-order valence-corrected chi connectivity index (χ4v) is 3.26. The normalized spacial score (nSPS) is 10.7. The highest BCUT2D eigenvalue weighted by atomic mass is 32.1. The van der Waals surface area contributed by atoms with Crippen molar-refractivity contribution in [2.75, 3.05) is 11.9 Å². The molecular formula is C16H12N2O7S. The number of aromatic nitrogens is 1. The summed E-state index contributed by atoms with van der Waals surface area (Å²) in [7, 11) is 0. The molecular weight excluding hydrogens is 364 g/mol. The summed E-state index contributed by atoms with van der Waals surface area (Å²) < 4.78 is 10.5. The van der Waals surface area contributed by atoms with E-state index >= 15 is 0 Å². The summed E-state index contributed by atoms with van der Waals surface area (Å²) >= 11 is 0.892. The molecule has 2 heterocycles. The summed E-state index contributed by atoms with van der Waals surface area (Å²) in [6.45, 7) is 1.04. The lowest BCUT2D eigenvalue weighted by Crippen LogP contribution is -2.11. The summed E-state index contributed by atoms with van der Waals surface area (Å²) in [5, 5.41) is 24.7. The Labute approximate surface area is 149 Å². The number of carbonyl (C=O) groups is 3. The van der Waals surface area contributed by atoms with Gasteiger partial charge in [-0.05, 0) is 25.1 Å². The van der Waals surface area contributed by atoms with Gasteiger partial charge in [0.05, 0.1) is 5.69 Å². The molecule has 2 aromatic heterocycles. The van der Waals surface area contributed by atoms with Gasteiger partial charge in [-0.2, -0.15) is 0 Å². The van der Waals surface area contributed by atoms with Crippen LogP contribution in [0.5, 0.6) is 5.75 Å². The molecule has 0 fully saturated rings. The number of anilines is 1. The second-order valence-corrected chi connectivity index (χ2v) is 6.30. The molecule has 3 aromatic rings. The molecule has 0 radical (unpaired) electrons. The van der Waals surface area contributed by atoms with Crippen molar-refractivity contribution in [1.29, 1.82) is 0 Å². The van der Waals surface area contributed by atoms with Gasteiger partial charge in [0, 0.05) is 21.7 Å². The number of benzene rings is 1. The number of carboxylic acid groups (broad SMARTS) is 2. The number of nitrogens with zero attached hydrogens (tertiary/aromatic N) is 1. The Balaban J connectivity index is 1.94. The fraction of sp³-hybridized carbons (Fsp3) is 0.125. The maximum Gasteiger partial charge on any atom is 0.349 e. The molecule has 0 aliphatic carbocycles. The predicted octanol–water partition coefficient (Wildman–Crippen LogP) is 2.61.